The average Bonchev–Trinajstić information content (AvgIpc) is 2.68. The molecule has 0 bridgehead atoms. The van der Waals surface area contributed by atoms with E-state index in [1.54, 1.807) is 6.92 Å². The first-order valence-electron chi connectivity index (χ1n) is 9.16. The van der Waals surface area contributed by atoms with Gasteiger partial charge in [-0.25, -0.2) is 4.98 Å². The Balaban J connectivity index is 1.67. The van der Waals surface area contributed by atoms with E-state index in [-0.39, 0.29) is 5.91 Å². The number of carbonyl (C=O) groups is 1. The van der Waals surface area contributed by atoms with Crippen LogP contribution in [0.1, 0.15) is 32.6 Å². The second kappa shape index (κ2) is 8.17. The zero-order chi connectivity index (χ0) is 18.5. The van der Waals surface area contributed by atoms with Crippen LogP contribution in [-0.4, -0.2) is 42.1 Å². The average molecular weight is 353 g/mol. The molecule has 0 atom stereocenters. The van der Waals surface area contributed by atoms with Crippen LogP contribution >= 0.6 is 0 Å². The molecule has 0 aliphatic heterocycles. The molecule has 0 radical (unpaired) electrons. The fraction of sp³-hybridized carbons (Fsp3) is 0.450. The number of benzene rings is 1. The van der Waals surface area contributed by atoms with Crippen molar-refractivity contribution >= 4 is 23.4 Å². The van der Waals surface area contributed by atoms with Crippen LogP contribution in [0.15, 0.2) is 42.6 Å². The fourth-order valence-corrected chi connectivity index (χ4v) is 3.54. The van der Waals surface area contributed by atoms with E-state index in [0.717, 1.165) is 43.1 Å². The van der Waals surface area contributed by atoms with Crippen LogP contribution in [0.4, 0.5) is 17.5 Å². The molecular weight excluding hydrogens is 326 g/mol. The first kappa shape index (κ1) is 18.2. The number of nitrogens with zero attached hydrogens (tertiary/aromatic N) is 4. The molecule has 0 spiro atoms. The highest BCUT2D eigenvalue weighted by Gasteiger charge is 2.26. The van der Waals surface area contributed by atoms with Crippen molar-refractivity contribution in [1.29, 1.82) is 0 Å². The van der Waals surface area contributed by atoms with Crippen molar-refractivity contribution in [2.24, 2.45) is 0 Å². The summed E-state index contributed by atoms with van der Waals surface area (Å²) in [7, 11) is 4.07. The van der Waals surface area contributed by atoms with Crippen LogP contribution < -0.4 is 15.1 Å². The molecule has 26 heavy (non-hydrogen) atoms. The first-order chi connectivity index (χ1) is 12.5. The van der Waals surface area contributed by atoms with E-state index in [4.69, 9.17) is 4.98 Å². The van der Waals surface area contributed by atoms with Gasteiger partial charge in [-0.15, -0.1) is 0 Å². The largest absolute Gasteiger partial charge is 0.354 e. The maximum atomic E-state index is 11.2. The Bertz CT molecular complexity index is 728. The van der Waals surface area contributed by atoms with Crippen molar-refractivity contribution in [3.63, 3.8) is 0 Å². The number of amides is 1. The molecule has 0 saturated heterocycles. The van der Waals surface area contributed by atoms with Gasteiger partial charge in [0.1, 0.15) is 5.82 Å². The first-order valence-corrected chi connectivity index (χ1v) is 9.16. The van der Waals surface area contributed by atoms with Crippen LogP contribution in [0.5, 0.6) is 0 Å². The normalized spacial score (nSPS) is 19.7. The summed E-state index contributed by atoms with van der Waals surface area (Å²) in [6.45, 7) is 1.58. The summed E-state index contributed by atoms with van der Waals surface area (Å²) in [4.78, 5) is 24.7. The second-order valence-corrected chi connectivity index (χ2v) is 6.93. The smallest absolute Gasteiger partial charge is 0.227 e. The number of rotatable bonds is 5. The Hall–Kier alpha value is -2.63. The van der Waals surface area contributed by atoms with Gasteiger partial charge in [0.15, 0.2) is 0 Å². The fourth-order valence-electron chi connectivity index (χ4n) is 3.54. The summed E-state index contributed by atoms with van der Waals surface area (Å²) in [5.74, 6) is 1.68. The Morgan fingerprint density at radius 2 is 1.77 bits per heavy atom. The molecule has 2 aromatic rings. The van der Waals surface area contributed by atoms with Crippen molar-refractivity contribution < 1.29 is 4.79 Å². The SMILES string of the molecule is CC(=O)NC1CCC(N(C)c2nccc(N(C)c3ccccc3)n2)CC1. The van der Waals surface area contributed by atoms with Gasteiger partial charge in [-0.1, -0.05) is 18.2 Å². The summed E-state index contributed by atoms with van der Waals surface area (Å²) < 4.78 is 0. The zero-order valence-corrected chi connectivity index (χ0v) is 15.7. The molecule has 1 heterocycles. The van der Waals surface area contributed by atoms with Crippen LogP contribution in [0.3, 0.4) is 0 Å². The van der Waals surface area contributed by atoms with Crippen molar-refractivity contribution in [2.75, 3.05) is 23.9 Å². The third-order valence-corrected chi connectivity index (χ3v) is 5.08. The van der Waals surface area contributed by atoms with Crippen LogP contribution in [0, 0.1) is 0 Å². The van der Waals surface area contributed by atoms with E-state index in [0.29, 0.717) is 12.1 Å². The third-order valence-electron chi connectivity index (χ3n) is 5.08. The van der Waals surface area contributed by atoms with Gasteiger partial charge in [0, 0.05) is 45.0 Å². The number of para-hydroxylation sites is 1. The Morgan fingerprint density at radius 1 is 1.08 bits per heavy atom. The van der Waals surface area contributed by atoms with Crippen molar-refractivity contribution in [3.8, 4) is 0 Å². The lowest BCUT2D eigenvalue weighted by Gasteiger charge is -2.35. The van der Waals surface area contributed by atoms with Gasteiger partial charge in [0.2, 0.25) is 11.9 Å². The molecule has 1 N–H and O–H groups in total. The Kier molecular flexibility index (Phi) is 5.71. The number of aromatic nitrogens is 2. The molecule has 6 nitrogen and oxygen atoms in total. The summed E-state index contributed by atoms with van der Waals surface area (Å²) in [5, 5.41) is 3.03. The minimum Gasteiger partial charge on any atom is -0.354 e. The highest BCUT2D eigenvalue weighted by atomic mass is 16.1. The number of carbonyl (C=O) groups excluding carboxylic acids is 1. The Morgan fingerprint density at radius 3 is 2.42 bits per heavy atom. The molecule has 1 amide bonds. The summed E-state index contributed by atoms with van der Waals surface area (Å²) >= 11 is 0. The summed E-state index contributed by atoms with van der Waals surface area (Å²) in [6, 6.07) is 12.8. The van der Waals surface area contributed by atoms with E-state index >= 15 is 0 Å². The molecule has 1 aromatic heterocycles. The minimum absolute atomic E-state index is 0.0572. The molecule has 1 aliphatic rings. The number of anilines is 3. The topological polar surface area (TPSA) is 61.4 Å². The lowest BCUT2D eigenvalue weighted by molar-refractivity contribution is -0.119. The van der Waals surface area contributed by atoms with E-state index in [1.165, 1.54) is 0 Å². The maximum Gasteiger partial charge on any atom is 0.227 e. The number of hydrogen-bond acceptors (Lipinski definition) is 5. The van der Waals surface area contributed by atoms with Crippen LogP contribution in [0.25, 0.3) is 0 Å². The third kappa shape index (κ3) is 4.31. The molecular formula is C20H27N5O. The highest BCUT2D eigenvalue weighted by molar-refractivity contribution is 5.73. The molecule has 138 valence electrons. The predicted octanol–water partition coefficient (Wildman–Crippen LogP) is 3.13. The number of nitrogens with one attached hydrogen (secondary N) is 1. The van der Waals surface area contributed by atoms with Gasteiger partial charge in [0.05, 0.1) is 0 Å². The molecule has 1 aromatic carbocycles. The van der Waals surface area contributed by atoms with Crippen molar-refractivity contribution in [2.45, 2.75) is 44.7 Å². The molecule has 3 rings (SSSR count). The van der Waals surface area contributed by atoms with Gasteiger partial charge >= 0.3 is 0 Å². The maximum absolute atomic E-state index is 11.2. The monoisotopic (exact) mass is 353 g/mol. The molecule has 0 unspecified atom stereocenters. The van der Waals surface area contributed by atoms with E-state index in [9.17, 15) is 4.79 Å². The Labute approximate surface area is 155 Å². The summed E-state index contributed by atoms with van der Waals surface area (Å²) in [6.07, 6.45) is 5.88. The van der Waals surface area contributed by atoms with Gasteiger partial charge in [-0.05, 0) is 43.9 Å². The van der Waals surface area contributed by atoms with Crippen molar-refractivity contribution in [1.82, 2.24) is 15.3 Å². The molecule has 6 heteroatoms. The minimum atomic E-state index is 0.0572. The second-order valence-electron chi connectivity index (χ2n) is 6.93. The van der Waals surface area contributed by atoms with E-state index in [1.807, 2.05) is 37.5 Å². The van der Waals surface area contributed by atoms with Gasteiger partial charge in [0.25, 0.3) is 0 Å². The van der Waals surface area contributed by atoms with Gasteiger partial charge < -0.3 is 15.1 Å². The van der Waals surface area contributed by atoms with E-state index in [2.05, 4.69) is 39.3 Å². The summed E-state index contributed by atoms with van der Waals surface area (Å²) in [5.41, 5.74) is 1.09. The standard InChI is InChI=1S/C20H27N5O/c1-15(26)22-16-9-11-18(12-10-16)25(3)20-21-14-13-19(23-20)24(2)17-7-5-4-6-8-17/h4-8,13-14,16,18H,9-12H2,1-3H3,(H,22,26). The lowest BCUT2D eigenvalue weighted by atomic mass is 9.90. The molecule has 1 aliphatic carbocycles. The van der Waals surface area contributed by atoms with Gasteiger partial charge in [-0.3, -0.25) is 4.79 Å². The molecule has 1 saturated carbocycles. The number of hydrogen-bond donors (Lipinski definition) is 1. The van der Waals surface area contributed by atoms with E-state index < -0.39 is 0 Å². The predicted molar refractivity (Wildman–Crippen MR) is 105 cm³/mol. The highest BCUT2D eigenvalue weighted by Crippen LogP contribution is 2.27. The van der Waals surface area contributed by atoms with Crippen LogP contribution in [0.2, 0.25) is 0 Å². The quantitative estimate of drug-likeness (QED) is 0.895. The zero-order valence-electron chi connectivity index (χ0n) is 15.7. The van der Waals surface area contributed by atoms with Gasteiger partial charge in [-0.2, -0.15) is 4.98 Å². The van der Waals surface area contributed by atoms with Crippen LogP contribution in [-0.2, 0) is 4.79 Å². The molecule has 1 fully saturated rings. The van der Waals surface area contributed by atoms with Crippen molar-refractivity contribution in [3.05, 3.63) is 42.6 Å². The lowest BCUT2D eigenvalue weighted by Crippen LogP contribution is -2.42.